The Morgan fingerprint density at radius 1 is 0.889 bits per heavy atom. The van der Waals surface area contributed by atoms with Crippen molar-refractivity contribution in [3.05, 3.63) is 58.1 Å². The van der Waals surface area contributed by atoms with Gasteiger partial charge in [0.2, 0.25) is 0 Å². The highest BCUT2D eigenvalue weighted by Gasteiger charge is 2.52. The Labute approximate surface area is 170 Å². The first-order valence-corrected chi connectivity index (χ1v) is 9.86. The molecule has 0 aromatic heterocycles. The number of rotatable bonds is 6. The quantitative estimate of drug-likeness (QED) is 0.631. The summed E-state index contributed by atoms with van der Waals surface area (Å²) < 4.78 is 24.8. The number of ether oxygens (including phenoxy) is 2. The Bertz CT molecular complexity index is 773. The Morgan fingerprint density at radius 2 is 1.44 bits per heavy atom. The van der Waals surface area contributed by atoms with Crippen LogP contribution in [-0.4, -0.2) is 25.4 Å². The lowest BCUT2D eigenvalue weighted by Crippen LogP contribution is -2.41. The SMILES string of the molecule is COc1ccc(COCc2ccc(Br)cc2)cc1B1OC(C)(C)C(C)(C)O1. The normalized spacial score (nSPS) is 17.9. The average Bonchev–Trinajstić information content (AvgIpc) is 2.84. The number of methoxy groups -OCH3 is 1. The summed E-state index contributed by atoms with van der Waals surface area (Å²) in [5.74, 6) is 0.755. The molecular formula is C21H26BBrO4. The van der Waals surface area contributed by atoms with Gasteiger partial charge in [-0.3, -0.25) is 0 Å². The van der Waals surface area contributed by atoms with Gasteiger partial charge in [-0.2, -0.15) is 0 Å². The van der Waals surface area contributed by atoms with Gasteiger partial charge in [-0.15, -0.1) is 0 Å². The zero-order valence-corrected chi connectivity index (χ0v) is 18.1. The summed E-state index contributed by atoms with van der Waals surface area (Å²) in [5, 5.41) is 0. The number of hydrogen-bond acceptors (Lipinski definition) is 4. The van der Waals surface area contributed by atoms with E-state index in [2.05, 4.69) is 15.9 Å². The van der Waals surface area contributed by atoms with Crippen molar-refractivity contribution in [2.75, 3.05) is 7.11 Å². The summed E-state index contributed by atoms with van der Waals surface area (Å²) in [7, 11) is 1.20. The molecule has 4 nitrogen and oxygen atoms in total. The summed E-state index contributed by atoms with van der Waals surface area (Å²) in [6.45, 7) is 9.25. The zero-order valence-electron chi connectivity index (χ0n) is 16.5. The predicted molar refractivity (Wildman–Crippen MR) is 111 cm³/mol. The van der Waals surface area contributed by atoms with Crippen molar-refractivity contribution in [2.45, 2.75) is 52.1 Å². The summed E-state index contributed by atoms with van der Waals surface area (Å²) in [5.41, 5.74) is 2.30. The highest BCUT2D eigenvalue weighted by molar-refractivity contribution is 9.10. The molecule has 6 heteroatoms. The smallest absolute Gasteiger partial charge is 0.497 e. The molecule has 1 aliphatic heterocycles. The molecule has 0 aliphatic carbocycles. The molecule has 0 unspecified atom stereocenters. The second-order valence-corrected chi connectivity index (χ2v) is 8.70. The molecule has 0 bridgehead atoms. The van der Waals surface area contributed by atoms with Crippen LogP contribution in [-0.2, 0) is 27.3 Å². The Morgan fingerprint density at radius 3 is 2.04 bits per heavy atom. The van der Waals surface area contributed by atoms with Crippen LogP contribution in [0.2, 0.25) is 0 Å². The van der Waals surface area contributed by atoms with Gasteiger partial charge in [-0.1, -0.05) is 40.2 Å². The van der Waals surface area contributed by atoms with Crippen molar-refractivity contribution in [3.63, 3.8) is 0 Å². The minimum absolute atomic E-state index is 0.392. The van der Waals surface area contributed by atoms with Gasteiger partial charge in [0.15, 0.2) is 0 Å². The van der Waals surface area contributed by atoms with Gasteiger partial charge in [0, 0.05) is 9.94 Å². The Balaban J connectivity index is 1.71. The van der Waals surface area contributed by atoms with Crippen LogP contribution in [0.4, 0.5) is 0 Å². The van der Waals surface area contributed by atoms with Gasteiger partial charge < -0.3 is 18.8 Å². The standard InChI is InChI=1S/C21H26BBrO4/c1-20(2)21(3,4)27-22(26-20)18-12-16(8-11-19(18)24-5)14-25-13-15-6-9-17(23)10-7-15/h6-12H,13-14H2,1-5H3. The van der Waals surface area contributed by atoms with Crippen molar-refractivity contribution in [1.29, 1.82) is 0 Å². The van der Waals surface area contributed by atoms with E-state index in [1.165, 1.54) is 0 Å². The van der Waals surface area contributed by atoms with Crippen molar-refractivity contribution in [2.24, 2.45) is 0 Å². The third kappa shape index (κ3) is 4.57. The van der Waals surface area contributed by atoms with Crippen LogP contribution in [0.5, 0.6) is 5.75 Å². The van der Waals surface area contributed by atoms with Gasteiger partial charge in [-0.05, 0) is 57.0 Å². The van der Waals surface area contributed by atoms with Gasteiger partial charge in [0.25, 0.3) is 0 Å². The first-order chi connectivity index (χ1) is 12.7. The Hall–Kier alpha value is -1.34. The van der Waals surface area contributed by atoms with E-state index in [0.717, 1.165) is 26.8 Å². The van der Waals surface area contributed by atoms with Crippen molar-refractivity contribution >= 4 is 28.5 Å². The van der Waals surface area contributed by atoms with E-state index >= 15 is 0 Å². The van der Waals surface area contributed by atoms with Crippen LogP contribution in [0.15, 0.2) is 46.9 Å². The maximum absolute atomic E-state index is 6.19. The molecule has 2 aromatic carbocycles. The van der Waals surface area contributed by atoms with E-state index in [1.807, 2.05) is 70.2 Å². The van der Waals surface area contributed by atoms with E-state index in [1.54, 1.807) is 7.11 Å². The second-order valence-electron chi connectivity index (χ2n) is 7.78. The minimum Gasteiger partial charge on any atom is -0.497 e. The first kappa shape index (κ1) is 20.4. The van der Waals surface area contributed by atoms with Crippen LogP contribution in [0.3, 0.4) is 0 Å². The number of benzene rings is 2. The summed E-state index contributed by atoms with van der Waals surface area (Å²) in [6.07, 6.45) is 0. The topological polar surface area (TPSA) is 36.9 Å². The van der Waals surface area contributed by atoms with E-state index in [0.29, 0.717) is 13.2 Å². The Kier molecular flexibility index (Phi) is 6.01. The third-order valence-corrected chi connectivity index (χ3v) is 5.78. The lowest BCUT2D eigenvalue weighted by molar-refractivity contribution is 0.00578. The minimum atomic E-state index is -0.462. The van der Waals surface area contributed by atoms with E-state index in [4.69, 9.17) is 18.8 Å². The molecule has 0 N–H and O–H groups in total. The highest BCUT2D eigenvalue weighted by atomic mass is 79.9. The van der Waals surface area contributed by atoms with Crippen LogP contribution >= 0.6 is 15.9 Å². The lowest BCUT2D eigenvalue weighted by atomic mass is 9.77. The lowest BCUT2D eigenvalue weighted by Gasteiger charge is -2.32. The van der Waals surface area contributed by atoms with Crippen molar-refractivity contribution in [3.8, 4) is 5.75 Å². The van der Waals surface area contributed by atoms with Crippen LogP contribution < -0.4 is 10.2 Å². The van der Waals surface area contributed by atoms with Crippen molar-refractivity contribution in [1.82, 2.24) is 0 Å². The third-order valence-electron chi connectivity index (χ3n) is 5.25. The zero-order chi connectivity index (χ0) is 19.7. The van der Waals surface area contributed by atoms with Crippen LogP contribution in [0.1, 0.15) is 38.8 Å². The maximum Gasteiger partial charge on any atom is 0.498 e. The molecule has 0 atom stereocenters. The highest BCUT2D eigenvalue weighted by Crippen LogP contribution is 2.37. The van der Waals surface area contributed by atoms with E-state index in [9.17, 15) is 0 Å². The molecule has 0 spiro atoms. The second kappa shape index (κ2) is 7.96. The van der Waals surface area contributed by atoms with Gasteiger partial charge in [0.1, 0.15) is 5.75 Å². The molecule has 3 rings (SSSR count). The maximum atomic E-state index is 6.19. The first-order valence-electron chi connectivity index (χ1n) is 9.06. The summed E-state index contributed by atoms with van der Waals surface area (Å²) >= 11 is 3.44. The van der Waals surface area contributed by atoms with Crippen molar-refractivity contribution < 1.29 is 18.8 Å². The van der Waals surface area contributed by atoms with E-state index in [-0.39, 0.29) is 0 Å². The predicted octanol–water partition coefficient (Wildman–Crippen LogP) is 4.47. The van der Waals surface area contributed by atoms with Gasteiger partial charge >= 0.3 is 7.12 Å². The van der Waals surface area contributed by atoms with Crippen LogP contribution in [0, 0.1) is 0 Å². The number of hydrogen-bond donors (Lipinski definition) is 0. The molecule has 0 radical (unpaired) electrons. The monoisotopic (exact) mass is 432 g/mol. The molecule has 0 amide bonds. The van der Waals surface area contributed by atoms with Gasteiger partial charge in [0.05, 0.1) is 31.5 Å². The van der Waals surface area contributed by atoms with E-state index < -0.39 is 18.3 Å². The summed E-state index contributed by atoms with van der Waals surface area (Å²) in [6, 6.07) is 14.1. The molecule has 144 valence electrons. The van der Waals surface area contributed by atoms with Gasteiger partial charge in [-0.25, -0.2) is 0 Å². The molecule has 1 heterocycles. The fourth-order valence-corrected chi connectivity index (χ4v) is 3.16. The molecule has 27 heavy (non-hydrogen) atoms. The summed E-state index contributed by atoms with van der Waals surface area (Å²) in [4.78, 5) is 0. The largest absolute Gasteiger partial charge is 0.498 e. The average molecular weight is 433 g/mol. The molecule has 1 fully saturated rings. The molecule has 1 saturated heterocycles. The molecule has 0 saturated carbocycles. The van der Waals surface area contributed by atoms with Crippen LogP contribution in [0.25, 0.3) is 0 Å². The number of halogens is 1. The molecule has 2 aromatic rings. The molecular weight excluding hydrogens is 407 g/mol. The fraction of sp³-hybridized carbons (Fsp3) is 0.429. The fourth-order valence-electron chi connectivity index (χ4n) is 2.90. The molecule has 1 aliphatic rings.